The fourth-order valence-electron chi connectivity index (χ4n) is 3.60. The SMILES string of the molecule is CCCCCN(CCCOC)C(=O)C(CCC(=O)O)NC(=O)c1ccc2ccccc2c1. The van der Waals surface area contributed by atoms with Crippen molar-refractivity contribution in [2.24, 2.45) is 0 Å². The first-order chi connectivity index (χ1) is 15.5. The molecule has 1 unspecified atom stereocenters. The van der Waals surface area contributed by atoms with Gasteiger partial charge in [-0.05, 0) is 42.2 Å². The molecule has 2 amide bonds. The number of ether oxygens (including phenoxy) is 1. The zero-order valence-electron chi connectivity index (χ0n) is 19.0. The molecule has 0 fully saturated rings. The number of unbranched alkanes of at least 4 members (excludes halogenated alkanes) is 2. The van der Waals surface area contributed by atoms with Crippen molar-refractivity contribution in [2.45, 2.75) is 51.5 Å². The van der Waals surface area contributed by atoms with E-state index in [1.807, 2.05) is 30.3 Å². The van der Waals surface area contributed by atoms with E-state index in [1.54, 1.807) is 24.1 Å². The van der Waals surface area contributed by atoms with E-state index in [0.717, 1.165) is 30.0 Å². The van der Waals surface area contributed by atoms with Gasteiger partial charge in [-0.3, -0.25) is 14.4 Å². The molecule has 2 N–H and O–H groups in total. The van der Waals surface area contributed by atoms with Crippen molar-refractivity contribution in [3.63, 3.8) is 0 Å². The highest BCUT2D eigenvalue weighted by Gasteiger charge is 2.26. The number of fused-ring (bicyclic) bond motifs is 1. The lowest BCUT2D eigenvalue weighted by Crippen LogP contribution is -2.49. The molecule has 174 valence electrons. The molecule has 1 atom stereocenters. The third kappa shape index (κ3) is 7.96. The fraction of sp³-hybridized carbons (Fsp3) is 0.480. The largest absolute Gasteiger partial charge is 0.481 e. The molecule has 0 saturated heterocycles. The summed E-state index contributed by atoms with van der Waals surface area (Å²) in [5.74, 6) is -1.63. The second kappa shape index (κ2) is 13.5. The average Bonchev–Trinajstić information content (AvgIpc) is 2.80. The lowest BCUT2D eigenvalue weighted by molar-refractivity contribution is -0.138. The Hall–Kier alpha value is -2.93. The van der Waals surface area contributed by atoms with E-state index >= 15 is 0 Å². The van der Waals surface area contributed by atoms with E-state index in [-0.39, 0.29) is 24.7 Å². The van der Waals surface area contributed by atoms with Crippen LogP contribution in [0.1, 0.15) is 55.8 Å². The van der Waals surface area contributed by atoms with Crippen LogP contribution in [0.15, 0.2) is 42.5 Å². The predicted octanol–water partition coefficient (Wildman–Crippen LogP) is 3.86. The number of benzene rings is 2. The molecule has 0 aromatic heterocycles. The van der Waals surface area contributed by atoms with Crippen molar-refractivity contribution in [1.29, 1.82) is 0 Å². The Bertz CT molecular complexity index is 889. The van der Waals surface area contributed by atoms with Gasteiger partial charge in [-0.25, -0.2) is 0 Å². The van der Waals surface area contributed by atoms with Gasteiger partial charge in [-0.15, -0.1) is 0 Å². The summed E-state index contributed by atoms with van der Waals surface area (Å²) in [5.41, 5.74) is 0.439. The van der Waals surface area contributed by atoms with Crippen LogP contribution < -0.4 is 5.32 Å². The highest BCUT2D eigenvalue weighted by atomic mass is 16.5. The lowest BCUT2D eigenvalue weighted by atomic mass is 10.0. The minimum Gasteiger partial charge on any atom is -0.481 e. The number of nitrogens with zero attached hydrogens (tertiary/aromatic N) is 1. The van der Waals surface area contributed by atoms with Gasteiger partial charge >= 0.3 is 5.97 Å². The summed E-state index contributed by atoms with van der Waals surface area (Å²) < 4.78 is 5.11. The van der Waals surface area contributed by atoms with Crippen LogP contribution in [0.2, 0.25) is 0 Å². The van der Waals surface area contributed by atoms with Gasteiger partial charge in [0.25, 0.3) is 5.91 Å². The first-order valence-corrected chi connectivity index (χ1v) is 11.3. The lowest BCUT2D eigenvalue weighted by Gasteiger charge is -2.28. The molecule has 7 nitrogen and oxygen atoms in total. The Balaban J connectivity index is 2.17. The van der Waals surface area contributed by atoms with Crippen LogP contribution in [0.5, 0.6) is 0 Å². The summed E-state index contributed by atoms with van der Waals surface area (Å²) in [6, 6.07) is 12.2. The van der Waals surface area contributed by atoms with Crippen LogP contribution in [0.25, 0.3) is 10.8 Å². The summed E-state index contributed by atoms with van der Waals surface area (Å²) in [7, 11) is 1.61. The standard InChI is InChI=1S/C25H34N2O5/c1-3-4-7-15-27(16-8-17-32-2)25(31)22(13-14-23(28)29)26-24(30)21-12-11-19-9-5-6-10-20(19)18-21/h5-6,9-12,18,22H,3-4,7-8,13-17H2,1-2H3,(H,26,30)(H,28,29). The minimum absolute atomic E-state index is 0.0437. The molecule has 0 aliphatic heterocycles. The highest BCUT2D eigenvalue weighted by Crippen LogP contribution is 2.16. The fourth-order valence-corrected chi connectivity index (χ4v) is 3.60. The summed E-state index contributed by atoms with van der Waals surface area (Å²) in [5, 5.41) is 13.9. The number of hydrogen-bond acceptors (Lipinski definition) is 4. The highest BCUT2D eigenvalue weighted by molar-refractivity contribution is 6.00. The molecule has 0 bridgehead atoms. The van der Waals surface area contributed by atoms with Crippen LogP contribution in [0.4, 0.5) is 0 Å². The number of carboxylic acid groups (broad SMARTS) is 1. The molecular weight excluding hydrogens is 408 g/mol. The van der Waals surface area contributed by atoms with E-state index in [9.17, 15) is 14.4 Å². The molecule has 2 aromatic rings. The Morgan fingerprint density at radius 2 is 1.75 bits per heavy atom. The van der Waals surface area contributed by atoms with Crippen LogP contribution in [0, 0.1) is 0 Å². The molecule has 2 aromatic carbocycles. The Morgan fingerprint density at radius 3 is 2.44 bits per heavy atom. The van der Waals surface area contributed by atoms with Gasteiger partial charge in [0, 0.05) is 38.8 Å². The average molecular weight is 443 g/mol. The molecule has 0 spiro atoms. The molecule has 0 saturated carbocycles. The summed E-state index contributed by atoms with van der Waals surface area (Å²) in [6.45, 7) is 3.70. The number of rotatable bonds is 14. The number of carbonyl (C=O) groups is 3. The van der Waals surface area contributed by atoms with E-state index < -0.39 is 12.0 Å². The van der Waals surface area contributed by atoms with Gasteiger partial charge in [0.1, 0.15) is 6.04 Å². The monoisotopic (exact) mass is 442 g/mol. The van der Waals surface area contributed by atoms with Gasteiger partial charge in [-0.1, -0.05) is 50.1 Å². The van der Waals surface area contributed by atoms with Crippen molar-refractivity contribution in [3.05, 3.63) is 48.0 Å². The van der Waals surface area contributed by atoms with Gasteiger partial charge in [0.15, 0.2) is 0 Å². The zero-order valence-corrected chi connectivity index (χ0v) is 19.0. The van der Waals surface area contributed by atoms with Crippen LogP contribution in [-0.2, 0) is 14.3 Å². The maximum atomic E-state index is 13.3. The molecule has 0 aliphatic rings. The van der Waals surface area contributed by atoms with E-state index in [4.69, 9.17) is 9.84 Å². The predicted molar refractivity (Wildman–Crippen MR) is 125 cm³/mol. The molecule has 0 aliphatic carbocycles. The van der Waals surface area contributed by atoms with E-state index in [2.05, 4.69) is 12.2 Å². The smallest absolute Gasteiger partial charge is 0.303 e. The second-order valence-corrected chi connectivity index (χ2v) is 7.90. The number of aliphatic carboxylic acids is 1. The first kappa shape index (κ1) is 25.3. The van der Waals surface area contributed by atoms with Crippen LogP contribution >= 0.6 is 0 Å². The number of carbonyl (C=O) groups excluding carboxylic acids is 2. The first-order valence-electron chi connectivity index (χ1n) is 11.3. The molecule has 2 rings (SSSR count). The van der Waals surface area contributed by atoms with Crippen molar-refractivity contribution in [2.75, 3.05) is 26.8 Å². The number of carboxylic acids is 1. The van der Waals surface area contributed by atoms with Crippen LogP contribution in [0.3, 0.4) is 0 Å². The van der Waals surface area contributed by atoms with Crippen molar-refractivity contribution in [1.82, 2.24) is 10.2 Å². The van der Waals surface area contributed by atoms with Gasteiger partial charge in [0.05, 0.1) is 0 Å². The molecule has 7 heteroatoms. The third-order valence-corrected chi connectivity index (χ3v) is 5.38. The number of amides is 2. The number of methoxy groups -OCH3 is 1. The van der Waals surface area contributed by atoms with Crippen molar-refractivity contribution < 1.29 is 24.2 Å². The van der Waals surface area contributed by atoms with E-state index in [1.165, 1.54) is 0 Å². The molecule has 0 heterocycles. The Labute approximate surface area is 189 Å². The maximum Gasteiger partial charge on any atom is 0.303 e. The van der Waals surface area contributed by atoms with Crippen molar-refractivity contribution in [3.8, 4) is 0 Å². The normalized spacial score (nSPS) is 11.8. The minimum atomic E-state index is -1.00. The number of nitrogens with one attached hydrogen (secondary N) is 1. The van der Waals surface area contributed by atoms with E-state index in [0.29, 0.717) is 31.7 Å². The van der Waals surface area contributed by atoms with Crippen LogP contribution in [-0.4, -0.2) is 60.6 Å². The molecule has 32 heavy (non-hydrogen) atoms. The molecular formula is C25H34N2O5. The Kier molecular flexibility index (Phi) is 10.7. The summed E-state index contributed by atoms with van der Waals surface area (Å²) in [4.78, 5) is 39.1. The number of hydrogen-bond donors (Lipinski definition) is 2. The Morgan fingerprint density at radius 1 is 1.03 bits per heavy atom. The quantitative estimate of drug-likeness (QED) is 0.433. The summed E-state index contributed by atoms with van der Waals surface area (Å²) in [6.07, 6.45) is 3.41. The molecule has 0 radical (unpaired) electrons. The van der Waals surface area contributed by atoms with Gasteiger partial charge in [0.2, 0.25) is 5.91 Å². The summed E-state index contributed by atoms with van der Waals surface area (Å²) >= 11 is 0. The zero-order chi connectivity index (χ0) is 23.3. The second-order valence-electron chi connectivity index (χ2n) is 7.90. The maximum absolute atomic E-state index is 13.3. The van der Waals surface area contributed by atoms with Crippen molar-refractivity contribution >= 4 is 28.6 Å². The third-order valence-electron chi connectivity index (χ3n) is 5.38. The topological polar surface area (TPSA) is 95.9 Å². The van der Waals surface area contributed by atoms with Gasteiger partial charge < -0.3 is 20.1 Å². The van der Waals surface area contributed by atoms with Gasteiger partial charge in [-0.2, -0.15) is 0 Å².